The van der Waals surface area contributed by atoms with Crippen LogP contribution in [0.3, 0.4) is 0 Å². The summed E-state index contributed by atoms with van der Waals surface area (Å²) in [6.45, 7) is 3.98. The maximum absolute atomic E-state index is 12.2. The van der Waals surface area contributed by atoms with Gasteiger partial charge in [0.2, 0.25) is 0 Å². The minimum atomic E-state index is 0.0356. The maximum Gasteiger partial charge on any atom is 0.193 e. The molecule has 0 aliphatic heterocycles. The normalized spacial score (nSPS) is 10.3. The summed E-state index contributed by atoms with van der Waals surface area (Å²) in [6, 6.07) is 12.8. The van der Waals surface area contributed by atoms with Crippen LogP contribution in [0.4, 0.5) is 0 Å². The predicted octanol–water partition coefficient (Wildman–Crippen LogP) is 4.19. The zero-order valence-electron chi connectivity index (χ0n) is 9.83. The Bertz CT molecular complexity index is 535. The average Bonchev–Trinajstić information content (AvgIpc) is 2.28. The van der Waals surface area contributed by atoms with E-state index in [2.05, 4.69) is 6.07 Å². The van der Waals surface area contributed by atoms with Crippen molar-refractivity contribution in [3.8, 4) is 0 Å². The highest BCUT2D eigenvalue weighted by Gasteiger charge is 2.09. The van der Waals surface area contributed by atoms with E-state index in [9.17, 15) is 4.79 Å². The highest BCUT2D eigenvalue weighted by Crippen LogP contribution is 2.16. The van der Waals surface area contributed by atoms with Crippen LogP contribution in [-0.2, 0) is 0 Å². The molecule has 0 unspecified atom stereocenters. The van der Waals surface area contributed by atoms with E-state index in [1.165, 1.54) is 0 Å². The summed E-state index contributed by atoms with van der Waals surface area (Å²) in [5.74, 6) is 0.0356. The van der Waals surface area contributed by atoms with Crippen LogP contribution in [0.15, 0.2) is 42.5 Å². The Kier molecular flexibility index (Phi) is 3.30. The van der Waals surface area contributed by atoms with Crippen LogP contribution in [0.2, 0.25) is 5.02 Å². The molecule has 0 aliphatic carbocycles. The second kappa shape index (κ2) is 4.72. The molecule has 0 fully saturated rings. The number of carbonyl (C=O) groups excluding carboxylic acids is 1. The number of benzene rings is 2. The summed E-state index contributed by atoms with van der Waals surface area (Å²) in [5.41, 5.74) is 3.59. The van der Waals surface area contributed by atoms with Crippen LogP contribution in [0.1, 0.15) is 27.0 Å². The lowest BCUT2D eigenvalue weighted by atomic mass is 9.99. The third-order valence-electron chi connectivity index (χ3n) is 2.59. The molecule has 2 heteroatoms. The molecular weight excluding hydrogens is 232 g/mol. The summed E-state index contributed by atoms with van der Waals surface area (Å²) in [6.07, 6.45) is 0. The van der Waals surface area contributed by atoms with Gasteiger partial charge in [0.1, 0.15) is 0 Å². The standard InChI is InChI=1S/C15H13ClO/c1-10-7-11(2)9-13(8-10)15(17)12-3-5-14(16)6-4-12/h3-9H,1-2H3. The maximum atomic E-state index is 12.2. The number of halogens is 1. The molecule has 0 spiro atoms. The third-order valence-corrected chi connectivity index (χ3v) is 2.84. The number of hydrogen-bond acceptors (Lipinski definition) is 1. The van der Waals surface area contributed by atoms with Crippen molar-refractivity contribution in [2.45, 2.75) is 13.8 Å². The SMILES string of the molecule is Cc1cc(C)cc(C(=O)c2ccc(Cl)cc2)c1. The van der Waals surface area contributed by atoms with Crippen molar-refractivity contribution in [3.63, 3.8) is 0 Å². The van der Waals surface area contributed by atoms with Crippen LogP contribution in [0.5, 0.6) is 0 Å². The lowest BCUT2D eigenvalue weighted by Crippen LogP contribution is -2.01. The van der Waals surface area contributed by atoms with E-state index in [0.29, 0.717) is 10.6 Å². The van der Waals surface area contributed by atoms with Gasteiger partial charge in [-0.15, -0.1) is 0 Å². The Morgan fingerprint density at radius 2 is 1.41 bits per heavy atom. The lowest BCUT2D eigenvalue weighted by molar-refractivity contribution is 0.103. The van der Waals surface area contributed by atoms with Crippen LogP contribution in [0.25, 0.3) is 0 Å². The van der Waals surface area contributed by atoms with Crippen LogP contribution in [-0.4, -0.2) is 5.78 Å². The molecule has 0 aliphatic rings. The topological polar surface area (TPSA) is 17.1 Å². The van der Waals surface area contributed by atoms with E-state index in [0.717, 1.165) is 16.7 Å². The largest absolute Gasteiger partial charge is 0.289 e. The molecule has 0 bridgehead atoms. The fourth-order valence-electron chi connectivity index (χ4n) is 1.87. The molecule has 86 valence electrons. The average molecular weight is 245 g/mol. The Morgan fingerprint density at radius 3 is 1.94 bits per heavy atom. The number of aryl methyl sites for hydroxylation is 2. The van der Waals surface area contributed by atoms with Gasteiger partial charge in [0.05, 0.1) is 0 Å². The van der Waals surface area contributed by atoms with Crippen molar-refractivity contribution in [1.29, 1.82) is 0 Å². The van der Waals surface area contributed by atoms with E-state index in [1.54, 1.807) is 24.3 Å². The molecule has 0 amide bonds. The molecular formula is C15H13ClO. The molecule has 0 aromatic heterocycles. The van der Waals surface area contributed by atoms with Crippen molar-refractivity contribution in [2.24, 2.45) is 0 Å². The molecule has 1 nitrogen and oxygen atoms in total. The van der Waals surface area contributed by atoms with Gasteiger partial charge < -0.3 is 0 Å². The van der Waals surface area contributed by atoms with Gasteiger partial charge >= 0.3 is 0 Å². The summed E-state index contributed by atoms with van der Waals surface area (Å²) >= 11 is 5.80. The van der Waals surface area contributed by atoms with Crippen LogP contribution >= 0.6 is 11.6 Å². The van der Waals surface area contributed by atoms with Crippen LogP contribution < -0.4 is 0 Å². The molecule has 17 heavy (non-hydrogen) atoms. The molecule has 0 atom stereocenters. The van der Waals surface area contributed by atoms with Crippen molar-refractivity contribution in [3.05, 3.63) is 69.7 Å². The first-order valence-corrected chi connectivity index (χ1v) is 5.82. The molecule has 2 rings (SSSR count). The molecule has 2 aromatic carbocycles. The number of ketones is 1. The highest BCUT2D eigenvalue weighted by molar-refractivity contribution is 6.30. The quantitative estimate of drug-likeness (QED) is 0.724. The van der Waals surface area contributed by atoms with Crippen molar-refractivity contribution >= 4 is 17.4 Å². The summed E-state index contributed by atoms with van der Waals surface area (Å²) < 4.78 is 0. The Balaban J connectivity index is 2.40. The van der Waals surface area contributed by atoms with E-state index in [4.69, 9.17) is 11.6 Å². The van der Waals surface area contributed by atoms with Gasteiger partial charge in [-0.2, -0.15) is 0 Å². The van der Waals surface area contributed by atoms with Gasteiger partial charge in [-0.05, 0) is 50.2 Å². The Labute approximate surface area is 106 Å². The minimum absolute atomic E-state index is 0.0356. The summed E-state index contributed by atoms with van der Waals surface area (Å²) in [7, 11) is 0. The van der Waals surface area contributed by atoms with Gasteiger partial charge in [-0.25, -0.2) is 0 Å². The van der Waals surface area contributed by atoms with E-state index < -0.39 is 0 Å². The van der Waals surface area contributed by atoms with E-state index >= 15 is 0 Å². The monoisotopic (exact) mass is 244 g/mol. The van der Waals surface area contributed by atoms with Gasteiger partial charge in [0.15, 0.2) is 5.78 Å². The first kappa shape index (κ1) is 11.9. The highest BCUT2D eigenvalue weighted by atomic mass is 35.5. The van der Waals surface area contributed by atoms with Gasteiger partial charge in [-0.3, -0.25) is 4.79 Å². The minimum Gasteiger partial charge on any atom is -0.289 e. The van der Waals surface area contributed by atoms with Crippen molar-refractivity contribution < 1.29 is 4.79 Å². The first-order chi connectivity index (χ1) is 8.06. The summed E-state index contributed by atoms with van der Waals surface area (Å²) in [4.78, 5) is 12.2. The number of carbonyl (C=O) groups is 1. The van der Waals surface area contributed by atoms with Gasteiger partial charge in [-0.1, -0.05) is 28.8 Å². The second-order valence-corrected chi connectivity index (χ2v) is 4.65. The molecule has 0 N–H and O–H groups in total. The zero-order chi connectivity index (χ0) is 12.4. The number of hydrogen-bond donors (Lipinski definition) is 0. The smallest absolute Gasteiger partial charge is 0.193 e. The number of rotatable bonds is 2. The van der Waals surface area contributed by atoms with Crippen molar-refractivity contribution in [2.75, 3.05) is 0 Å². The van der Waals surface area contributed by atoms with Crippen molar-refractivity contribution in [1.82, 2.24) is 0 Å². The predicted molar refractivity (Wildman–Crippen MR) is 70.8 cm³/mol. The van der Waals surface area contributed by atoms with Crippen LogP contribution in [0, 0.1) is 13.8 Å². The third kappa shape index (κ3) is 2.75. The fourth-order valence-corrected chi connectivity index (χ4v) is 2.00. The van der Waals surface area contributed by atoms with Gasteiger partial charge in [0, 0.05) is 16.1 Å². The molecule has 0 heterocycles. The first-order valence-electron chi connectivity index (χ1n) is 5.45. The van der Waals surface area contributed by atoms with E-state index in [-0.39, 0.29) is 5.78 Å². The second-order valence-electron chi connectivity index (χ2n) is 4.21. The zero-order valence-corrected chi connectivity index (χ0v) is 10.6. The molecule has 0 radical (unpaired) electrons. The Morgan fingerprint density at radius 1 is 0.882 bits per heavy atom. The molecule has 2 aromatic rings. The Hall–Kier alpha value is -1.60. The van der Waals surface area contributed by atoms with E-state index in [1.807, 2.05) is 26.0 Å². The summed E-state index contributed by atoms with van der Waals surface area (Å²) in [5, 5.41) is 0.641. The van der Waals surface area contributed by atoms with Gasteiger partial charge in [0.25, 0.3) is 0 Å². The molecule has 0 saturated carbocycles. The lowest BCUT2D eigenvalue weighted by Gasteiger charge is -2.04. The molecule has 0 saturated heterocycles. The fraction of sp³-hybridized carbons (Fsp3) is 0.133.